The number of hydrogen-bond donors (Lipinski definition) is 2. The Morgan fingerprint density at radius 3 is 1.50 bits per heavy atom. The molecule has 0 saturated carbocycles. The van der Waals surface area contributed by atoms with Gasteiger partial charge in [-0.15, -0.1) is 0 Å². The Morgan fingerprint density at radius 2 is 1.00 bits per heavy atom. The first kappa shape index (κ1) is 54.5. The molecule has 9 heteroatoms. The third-order valence-electron chi connectivity index (χ3n) is 9.76. The van der Waals surface area contributed by atoms with Crippen molar-refractivity contribution >= 4 is 13.8 Å². The molecule has 0 aliphatic carbocycles. The van der Waals surface area contributed by atoms with E-state index < -0.39 is 13.9 Å². The van der Waals surface area contributed by atoms with E-state index in [1.807, 2.05) is 0 Å². The minimum absolute atomic E-state index is 0.0965. The molecule has 0 aliphatic heterocycles. The van der Waals surface area contributed by atoms with Gasteiger partial charge in [0.1, 0.15) is 6.10 Å². The van der Waals surface area contributed by atoms with Crippen LogP contribution >= 0.6 is 7.82 Å². The molecule has 0 amide bonds. The highest BCUT2D eigenvalue weighted by Gasteiger charge is 2.25. The van der Waals surface area contributed by atoms with Crippen LogP contribution in [0.25, 0.3) is 0 Å². The smallest absolute Gasteiger partial charge is 0.457 e. The van der Waals surface area contributed by atoms with E-state index >= 15 is 0 Å². The number of phosphoric ester groups is 1. The zero-order valence-electron chi connectivity index (χ0n) is 36.4. The van der Waals surface area contributed by atoms with Crippen LogP contribution in [0, 0.1) is 0 Å². The quantitative estimate of drug-likeness (QED) is 0.0270. The highest BCUT2D eigenvalue weighted by molar-refractivity contribution is 7.47. The summed E-state index contributed by atoms with van der Waals surface area (Å²) in [6, 6.07) is 0. The first-order valence-electron chi connectivity index (χ1n) is 23.1. The van der Waals surface area contributed by atoms with Crippen molar-refractivity contribution in [3.05, 3.63) is 48.6 Å². The molecular weight excluding hydrogens is 721 g/mol. The predicted octanol–water partition coefficient (Wildman–Crippen LogP) is 14.0. The van der Waals surface area contributed by atoms with Gasteiger partial charge in [-0.05, 0) is 51.4 Å². The molecule has 0 aromatic carbocycles. The minimum Gasteiger partial charge on any atom is -0.457 e. The Balaban J connectivity index is 4.01. The van der Waals surface area contributed by atoms with Crippen molar-refractivity contribution in [2.75, 3.05) is 33.0 Å². The number of allylic oxidation sites excluding steroid dienone is 8. The molecule has 328 valence electrons. The number of ether oxygens (including phenoxy) is 2. The zero-order valence-corrected chi connectivity index (χ0v) is 37.3. The standard InChI is InChI=1S/C47H88NO7P/c1-3-5-7-9-11-13-15-17-19-21-23-24-26-28-30-32-34-36-38-40-47(49)55-46(45-54-56(50,51)53-43-41-48)44-52-42-39-37-35-33-31-29-27-25-22-20-18-16-14-12-10-8-6-4-2/h6,8,12,14,18,20,25,27,46H,3-5,7,9-11,13,15-17,19,21-24,26,28-45,48H2,1-2H3,(H,50,51)/b8-6-,14-12-,20-18-,27-25-. The summed E-state index contributed by atoms with van der Waals surface area (Å²) in [5, 5.41) is 0. The van der Waals surface area contributed by atoms with Crippen LogP contribution in [0.1, 0.15) is 206 Å². The molecule has 3 N–H and O–H groups in total. The fraction of sp³-hybridized carbons (Fsp3) is 0.809. The molecular formula is C47H88NO7P. The molecule has 0 aromatic heterocycles. The molecule has 2 unspecified atom stereocenters. The fourth-order valence-electron chi connectivity index (χ4n) is 6.40. The molecule has 0 aliphatic rings. The average molecular weight is 810 g/mol. The first-order chi connectivity index (χ1) is 27.4. The SMILES string of the molecule is CC/C=C\C/C=C\C/C=C\C/C=C\CCCCCCCOCC(COP(=O)(O)OCCN)OC(=O)CCCCCCCCCCCCCCCCCCCCC. The van der Waals surface area contributed by atoms with Crippen LogP contribution in [-0.4, -0.2) is 49.9 Å². The van der Waals surface area contributed by atoms with Gasteiger partial charge in [-0.2, -0.15) is 0 Å². The molecule has 0 radical (unpaired) electrons. The Hall–Kier alpha value is -1.54. The highest BCUT2D eigenvalue weighted by atomic mass is 31.2. The Bertz CT molecular complexity index is 999. The number of carbonyl (C=O) groups excluding carboxylic acids is 1. The summed E-state index contributed by atoms with van der Waals surface area (Å²) in [5.74, 6) is -0.335. The van der Waals surface area contributed by atoms with Crippen LogP contribution < -0.4 is 5.73 Å². The van der Waals surface area contributed by atoms with Crippen molar-refractivity contribution in [1.82, 2.24) is 0 Å². The van der Waals surface area contributed by atoms with Crippen LogP contribution in [0.4, 0.5) is 0 Å². The van der Waals surface area contributed by atoms with Crippen molar-refractivity contribution < 1.29 is 32.8 Å². The van der Waals surface area contributed by atoms with E-state index in [0.717, 1.165) is 70.6 Å². The molecule has 0 fully saturated rings. The number of unbranched alkanes of at least 4 members (excludes halogenated alkanes) is 23. The van der Waals surface area contributed by atoms with Gasteiger partial charge in [0.05, 0.1) is 19.8 Å². The third kappa shape index (κ3) is 43.6. The predicted molar refractivity (Wildman–Crippen MR) is 238 cm³/mol. The zero-order chi connectivity index (χ0) is 40.9. The van der Waals surface area contributed by atoms with Gasteiger partial charge < -0.3 is 20.1 Å². The Kier molecular flexibility index (Phi) is 43.3. The summed E-state index contributed by atoms with van der Waals surface area (Å²) < 4.78 is 33.5. The van der Waals surface area contributed by atoms with E-state index in [-0.39, 0.29) is 32.3 Å². The van der Waals surface area contributed by atoms with Crippen LogP contribution in [0.5, 0.6) is 0 Å². The van der Waals surface area contributed by atoms with E-state index in [4.69, 9.17) is 24.3 Å². The van der Waals surface area contributed by atoms with E-state index in [1.165, 1.54) is 116 Å². The average Bonchev–Trinajstić information content (AvgIpc) is 3.19. The summed E-state index contributed by atoms with van der Waals surface area (Å²) >= 11 is 0. The van der Waals surface area contributed by atoms with Gasteiger partial charge >= 0.3 is 13.8 Å². The molecule has 0 spiro atoms. The molecule has 2 atom stereocenters. The largest absolute Gasteiger partial charge is 0.472 e. The van der Waals surface area contributed by atoms with Crippen LogP contribution in [0.2, 0.25) is 0 Å². The lowest BCUT2D eigenvalue weighted by Gasteiger charge is -2.20. The maximum atomic E-state index is 12.6. The Morgan fingerprint density at radius 1 is 0.554 bits per heavy atom. The number of hydrogen-bond acceptors (Lipinski definition) is 7. The second-order valence-corrected chi connectivity index (χ2v) is 16.7. The molecule has 56 heavy (non-hydrogen) atoms. The molecule has 8 nitrogen and oxygen atoms in total. The van der Waals surface area contributed by atoms with Gasteiger partial charge in [0.25, 0.3) is 0 Å². The van der Waals surface area contributed by atoms with Gasteiger partial charge in [0, 0.05) is 19.6 Å². The summed E-state index contributed by atoms with van der Waals surface area (Å²) in [5.41, 5.74) is 5.38. The monoisotopic (exact) mass is 810 g/mol. The van der Waals surface area contributed by atoms with Gasteiger partial charge in [-0.1, -0.05) is 197 Å². The van der Waals surface area contributed by atoms with Gasteiger partial charge in [0.15, 0.2) is 0 Å². The van der Waals surface area contributed by atoms with Crippen molar-refractivity contribution in [3.63, 3.8) is 0 Å². The second-order valence-electron chi connectivity index (χ2n) is 15.2. The van der Waals surface area contributed by atoms with Crippen LogP contribution in [0.3, 0.4) is 0 Å². The number of phosphoric acid groups is 1. The van der Waals surface area contributed by atoms with Gasteiger partial charge in [-0.3, -0.25) is 13.8 Å². The summed E-state index contributed by atoms with van der Waals surface area (Å²) in [4.78, 5) is 22.5. The molecule has 0 aromatic rings. The maximum Gasteiger partial charge on any atom is 0.472 e. The van der Waals surface area contributed by atoms with Crippen molar-refractivity contribution in [1.29, 1.82) is 0 Å². The third-order valence-corrected chi connectivity index (χ3v) is 10.7. The molecule has 0 heterocycles. The number of carbonyl (C=O) groups is 1. The van der Waals surface area contributed by atoms with Gasteiger partial charge in [0.2, 0.25) is 0 Å². The molecule has 0 saturated heterocycles. The van der Waals surface area contributed by atoms with Crippen molar-refractivity contribution in [2.45, 2.75) is 213 Å². The molecule has 0 rings (SSSR count). The molecule has 0 bridgehead atoms. The second kappa shape index (κ2) is 44.6. The maximum absolute atomic E-state index is 12.6. The van der Waals surface area contributed by atoms with E-state index in [1.54, 1.807) is 0 Å². The lowest BCUT2D eigenvalue weighted by Crippen LogP contribution is -2.28. The number of nitrogens with two attached hydrogens (primary N) is 1. The summed E-state index contributed by atoms with van der Waals surface area (Å²) in [6.45, 7) is 4.79. The number of esters is 1. The van der Waals surface area contributed by atoms with Gasteiger partial charge in [-0.25, -0.2) is 4.57 Å². The van der Waals surface area contributed by atoms with Crippen molar-refractivity contribution in [3.8, 4) is 0 Å². The van der Waals surface area contributed by atoms with Crippen LogP contribution in [0.15, 0.2) is 48.6 Å². The summed E-state index contributed by atoms with van der Waals surface area (Å²) in [6.07, 6.45) is 52.8. The normalized spacial score (nSPS) is 13.9. The van der Waals surface area contributed by atoms with E-state index in [0.29, 0.717) is 13.0 Å². The van der Waals surface area contributed by atoms with Crippen LogP contribution in [-0.2, 0) is 27.9 Å². The lowest BCUT2D eigenvalue weighted by molar-refractivity contribution is -0.154. The number of rotatable bonds is 44. The fourth-order valence-corrected chi connectivity index (χ4v) is 7.17. The van der Waals surface area contributed by atoms with Crippen molar-refractivity contribution in [2.24, 2.45) is 5.73 Å². The van der Waals surface area contributed by atoms with E-state index in [9.17, 15) is 14.3 Å². The van der Waals surface area contributed by atoms with E-state index in [2.05, 4.69) is 62.5 Å². The first-order valence-corrected chi connectivity index (χ1v) is 24.6. The minimum atomic E-state index is -4.28. The highest BCUT2D eigenvalue weighted by Crippen LogP contribution is 2.43. The summed E-state index contributed by atoms with van der Waals surface area (Å²) in [7, 11) is -4.28. The topological polar surface area (TPSA) is 117 Å². The lowest BCUT2D eigenvalue weighted by atomic mass is 10.0. The Labute approximate surface area is 345 Å².